The summed E-state index contributed by atoms with van der Waals surface area (Å²) in [6.45, 7) is 5.06. The maximum Gasteiger partial charge on any atom is 0.241 e. The molecule has 4 aromatic rings. The number of nitrogens with two attached hydrogens (primary N) is 1. The highest BCUT2D eigenvalue weighted by Gasteiger charge is 2.31. The van der Waals surface area contributed by atoms with Crippen molar-refractivity contribution >= 4 is 66.4 Å². The van der Waals surface area contributed by atoms with E-state index in [-0.39, 0.29) is 29.6 Å². The lowest BCUT2D eigenvalue weighted by Gasteiger charge is -2.31. The van der Waals surface area contributed by atoms with E-state index in [2.05, 4.69) is 16.3 Å². The summed E-state index contributed by atoms with van der Waals surface area (Å²) in [6, 6.07) is 13.1. The summed E-state index contributed by atoms with van der Waals surface area (Å²) in [5.74, 6) is 0.792. The molecule has 11 heteroatoms. The van der Waals surface area contributed by atoms with Crippen LogP contribution >= 0.6 is 23.7 Å². The van der Waals surface area contributed by atoms with Crippen LogP contribution in [0, 0.1) is 0 Å². The maximum absolute atomic E-state index is 13.6. The van der Waals surface area contributed by atoms with E-state index in [9.17, 15) is 13.2 Å². The fourth-order valence-corrected chi connectivity index (χ4v) is 6.87. The second-order valence-electron chi connectivity index (χ2n) is 9.15. The SMILES string of the molecule is C=C1CCN(C(=O)C(Cc2cc3c(N)nccc3s2)NS(=O)(=O)c2ccc3ccc(OC)cc3c2)CC1.Cl. The number of aromatic nitrogens is 1. The van der Waals surface area contributed by atoms with Gasteiger partial charge < -0.3 is 15.4 Å². The highest BCUT2D eigenvalue weighted by atomic mass is 35.5. The van der Waals surface area contributed by atoms with E-state index in [4.69, 9.17) is 10.5 Å². The molecule has 3 heterocycles. The van der Waals surface area contributed by atoms with Crippen molar-refractivity contribution in [2.24, 2.45) is 0 Å². The van der Waals surface area contributed by atoms with Crippen molar-refractivity contribution in [2.75, 3.05) is 25.9 Å². The molecule has 0 radical (unpaired) electrons. The number of rotatable bonds is 7. The highest BCUT2D eigenvalue weighted by Crippen LogP contribution is 2.30. The Morgan fingerprint density at radius 3 is 2.61 bits per heavy atom. The molecule has 1 fully saturated rings. The van der Waals surface area contributed by atoms with E-state index >= 15 is 0 Å². The molecule has 3 N–H and O–H groups in total. The van der Waals surface area contributed by atoms with Gasteiger partial charge in [0.25, 0.3) is 0 Å². The molecule has 0 saturated carbocycles. The van der Waals surface area contributed by atoms with Gasteiger partial charge in [0.05, 0.1) is 12.0 Å². The maximum atomic E-state index is 13.6. The van der Waals surface area contributed by atoms with Gasteiger partial charge in [-0.1, -0.05) is 24.3 Å². The summed E-state index contributed by atoms with van der Waals surface area (Å²) in [7, 11) is -2.45. The molecule has 0 bridgehead atoms. The number of carbonyl (C=O) groups is 1. The summed E-state index contributed by atoms with van der Waals surface area (Å²) in [6.07, 6.45) is 3.26. The van der Waals surface area contributed by atoms with Gasteiger partial charge >= 0.3 is 0 Å². The smallest absolute Gasteiger partial charge is 0.241 e. The number of halogens is 1. The average Bonchev–Trinajstić information content (AvgIpc) is 3.31. The number of likely N-dealkylation sites (tertiary alicyclic amines) is 1. The molecule has 1 unspecified atom stereocenters. The molecule has 1 aliphatic heterocycles. The number of piperidine rings is 1. The molecule has 2 aromatic carbocycles. The number of thiophene rings is 1. The lowest BCUT2D eigenvalue weighted by atomic mass is 10.0. The number of methoxy groups -OCH3 is 1. The first-order valence-corrected chi connectivity index (χ1v) is 14.2. The molecule has 1 aliphatic rings. The minimum absolute atomic E-state index is 0. The third-order valence-corrected chi connectivity index (χ3v) is 9.23. The largest absolute Gasteiger partial charge is 0.497 e. The lowest BCUT2D eigenvalue weighted by Crippen LogP contribution is -2.51. The van der Waals surface area contributed by atoms with E-state index in [0.29, 0.717) is 37.5 Å². The average molecular weight is 573 g/mol. The van der Waals surface area contributed by atoms with E-state index in [1.165, 1.54) is 11.3 Å². The minimum Gasteiger partial charge on any atom is -0.497 e. The van der Waals surface area contributed by atoms with Gasteiger partial charge in [-0.3, -0.25) is 4.79 Å². The van der Waals surface area contributed by atoms with Gasteiger partial charge in [0.2, 0.25) is 15.9 Å². The normalized spacial score (nSPS) is 14.9. The predicted molar refractivity (Wildman–Crippen MR) is 155 cm³/mol. The molecule has 0 spiro atoms. The second kappa shape index (κ2) is 11.3. The number of nitrogen functional groups attached to an aromatic ring is 1. The number of hydrogen-bond acceptors (Lipinski definition) is 7. The fraction of sp³-hybridized carbons (Fsp3) is 0.259. The zero-order chi connectivity index (χ0) is 26.2. The molecule has 2 aromatic heterocycles. The third kappa shape index (κ3) is 5.78. The number of anilines is 1. The first kappa shape index (κ1) is 27.8. The van der Waals surface area contributed by atoms with Crippen LogP contribution in [0.5, 0.6) is 5.75 Å². The Labute approximate surface area is 232 Å². The first-order chi connectivity index (χ1) is 17.7. The van der Waals surface area contributed by atoms with Crippen molar-refractivity contribution < 1.29 is 17.9 Å². The van der Waals surface area contributed by atoms with Crippen LogP contribution < -0.4 is 15.2 Å². The monoisotopic (exact) mass is 572 g/mol. The molecule has 1 saturated heterocycles. The van der Waals surface area contributed by atoms with Gasteiger partial charge in [0.15, 0.2) is 0 Å². The predicted octanol–water partition coefficient (Wildman–Crippen LogP) is 4.53. The van der Waals surface area contributed by atoms with Crippen molar-refractivity contribution in [3.63, 3.8) is 0 Å². The molecule has 200 valence electrons. The second-order valence-corrected chi connectivity index (χ2v) is 12.0. The lowest BCUT2D eigenvalue weighted by molar-refractivity contribution is -0.133. The Bertz CT molecular complexity index is 1610. The topological polar surface area (TPSA) is 115 Å². The van der Waals surface area contributed by atoms with Gasteiger partial charge in [-0.15, -0.1) is 23.7 Å². The minimum atomic E-state index is -4.01. The van der Waals surface area contributed by atoms with Crippen molar-refractivity contribution in [1.82, 2.24) is 14.6 Å². The van der Waals surface area contributed by atoms with Crippen LogP contribution in [-0.2, 0) is 21.2 Å². The van der Waals surface area contributed by atoms with E-state index in [0.717, 1.165) is 31.3 Å². The number of benzene rings is 2. The molecule has 1 amide bonds. The van der Waals surface area contributed by atoms with E-state index in [1.54, 1.807) is 42.5 Å². The summed E-state index contributed by atoms with van der Waals surface area (Å²) < 4.78 is 36.0. The summed E-state index contributed by atoms with van der Waals surface area (Å²) in [5, 5.41) is 2.42. The Morgan fingerprint density at radius 2 is 1.89 bits per heavy atom. The Hall–Kier alpha value is -3.18. The van der Waals surface area contributed by atoms with E-state index < -0.39 is 16.1 Å². The summed E-state index contributed by atoms with van der Waals surface area (Å²) in [5.41, 5.74) is 7.12. The van der Waals surface area contributed by atoms with Crippen LogP contribution in [-0.4, -0.2) is 50.5 Å². The number of hydrogen-bond donors (Lipinski definition) is 2. The number of nitrogens with one attached hydrogen (secondary N) is 1. The molecule has 1 atom stereocenters. The standard InChI is InChI=1S/C27H28N4O4S2.ClH/c1-17-8-11-31(12-9-17)27(32)24(16-21-15-23-25(36-21)7-10-29-26(23)28)30-37(33,34)22-6-4-18-3-5-20(35-2)13-19(18)14-22;/h3-7,10,13-15,24,30H,1,8-9,11-12,16H2,2H3,(H2,28,29);1H. The van der Waals surface area contributed by atoms with Gasteiger partial charge in [-0.25, -0.2) is 13.4 Å². The first-order valence-electron chi connectivity index (χ1n) is 11.9. The number of fused-ring (bicyclic) bond motifs is 2. The zero-order valence-electron chi connectivity index (χ0n) is 20.8. The Morgan fingerprint density at radius 1 is 1.16 bits per heavy atom. The molecular weight excluding hydrogens is 544 g/mol. The van der Waals surface area contributed by atoms with Gasteiger partial charge in [-0.2, -0.15) is 4.72 Å². The number of sulfonamides is 1. The quantitative estimate of drug-likeness (QED) is 0.314. The summed E-state index contributed by atoms with van der Waals surface area (Å²) >= 11 is 1.48. The number of amides is 1. The van der Waals surface area contributed by atoms with Crippen LogP contribution in [0.4, 0.5) is 5.82 Å². The molecule has 38 heavy (non-hydrogen) atoms. The van der Waals surface area contributed by atoms with Gasteiger partial charge in [0, 0.05) is 40.7 Å². The van der Waals surface area contributed by atoms with Crippen molar-refractivity contribution in [3.05, 3.63) is 71.8 Å². The Kier molecular flexibility index (Phi) is 8.27. The molecule has 8 nitrogen and oxygen atoms in total. The fourth-order valence-electron chi connectivity index (χ4n) is 4.53. The van der Waals surface area contributed by atoms with Gasteiger partial charge in [0.1, 0.15) is 17.6 Å². The Balaban J connectivity index is 0.00000336. The van der Waals surface area contributed by atoms with Crippen LogP contribution in [0.3, 0.4) is 0 Å². The number of pyridine rings is 1. The molecule has 5 rings (SSSR count). The van der Waals surface area contributed by atoms with Crippen LogP contribution in [0.25, 0.3) is 20.9 Å². The zero-order valence-corrected chi connectivity index (χ0v) is 23.3. The number of nitrogens with zero attached hydrogens (tertiary/aromatic N) is 2. The molecule has 0 aliphatic carbocycles. The van der Waals surface area contributed by atoms with Crippen LogP contribution in [0.1, 0.15) is 17.7 Å². The van der Waals surface area contributed by atoms with Crippen molar-refractivity contribution in [1.29, 1.82) is 0 Å². The van der Waals surface area contributed by atoms with Gasteiger partial charge in [-0.05, 0) is 60.0 Å². The van der Waals surface area contributed by atoms with Crippen LogP contribution in [0.2, 0.25) is 0 Å². The van der Waals surface area contributed by atoms with Crippen molar-refractivity contribution in [3.8, 4) is 5.75 Å². The third-order valence-electron chi connectivity index (χ3n) is 6.64. The number of carbonyl (C=O) groups excluding carboxylic acids is 1. The number of ether oxygens (including phenoxy) is 1. The highest BCUT2D eigenvalue weighted by molar-refractivity contribution is 7.89. The van der Waals surface area contributed by atoms with Crippen molar-refractivity contribution in [2.45, 2.75) is 30.2 Å². The van der Waals surface area contributed by atoms with Crippen LogP contribution in [0.15, 0.2) is 71.8 Å². The summed E-state index contributed by atoms with van der Waals surface area (Å²) in [4.78, 5) is 20.4. The van der Waals surface area contributed by atoms with E-state index in [1.807, 2.05) is 24.3 Å². The molecular formula is C27H29ClN4O4S2.